The van der Waals surface area contributed by atoms with Gasteiger partial charge < -0.3 is 9.64 Å². The zero-order chi connectivity index (χ0) is 19.6. The highest BCUT2D eigenvalue weighted by Gasteiger charge is 2.22. The van der Waals surface area contributed by atoms with Crippen molar-refractivity contribution in [1.82, 2.24) is 9.80 Å². The first-order valence-electron chi connectivity index (χ1n) is 10.1. The van der Waals surface area contributed by atoms with Gasteiger partial charge in [0.05, 0.1) is 12.1 Å². The quantitative estimate of drug-likeness (QED) is 0.651. The molecule has 29 heavy (non-hydrogen) atoms. The van der Waals surface area contributed by atoms with Crippen molar-refractivity contribution in [2.75, 3.05) is 19.7 Å². The van der Waals surface area contributed by atoms with Gasteiger partial charge in [-0.05, 0) is 46.7 Å². The minimum absolute atomic E-state index is 0.0840. The Bertz CT molecular complexity index is 1020. The van der Waals surface area contributed by atoms with E-state index < -0.39 is 0 Å². The Hall–Kier alpha value is -2.63. The van der Waals surface area contributed by atoms with E-state index in [0.29, 0.717) is 19.7 Å². The molecule has 1 aromatic heterocycles. The molecule has 4 nitrogen and oxygen atoms in total. The van der Waals surface area contributed by atoms with Crippen molar-refractivity contribution in [2.45, 2.75) is 26.1 Å². The van der Waals surface area contributed by atoms with E-state index in [-0.39, 0.29) is 5.91 Å². The molecule has 0 saturated heterocycles. The smallest absolute Gasteiger partial charge is 0.255 e. The molecule has 5 heteroatoms. The molecule has 3 aromatic rings. The number of ether oxygens (including phenoxy) is 1. The summed E-state index contributed by atoms with van der Waals surface area (Å²) in [6.45, 7) is 4.73. The van der Waals surface area contributed by atoms with E-state index in [1.807, 2.05) is 21.7 Å². The van der Waals surface area contributed by atoms with Gasteiger partial charge in [0.2, 0.25) is 0 Å². The van der Waals surface area contributed by atoms with Crippen LogP contribution in [0.2, 0.25) is 0 Å². The van der Waals surface area contributed by atoms with Crippen LogP contribution in [0.3, 0.4) is 0 Å². The lowest BCUT2D eigenvalue weighted by Gasteiger charge is -2.29. The van der Waals surface area contributed by atoms with Gasteiger partial charge in [-0.2, -0.15) is 11.3 Å². The zero-order valence-corrected chi connectivity index (χ0v) is 17.2. The average molecular weight is 405 g/mol. The molecule has 5 rings (SSSR count). The number of carbonyl (C=O) groups excluding carboxylic acids is 1. The van der Waals surface area contributed by atoms with Crippen molar-refractivity contribution in [3.8, 4) is 5.75 Å². The van der Waals surface area contributed by atoms with Crippen LogP contribution in [0.25, 0.3) is 0 Å². The van der Waals surface area contributed by atoms with E-state index in [0.717, 1.165) is 42.9 Å². The maximum atomic E-state index is 12.8. The lowest BCUT2D eigenvalue weighted by molar-refractivity contribution is 0.0734. The van der Waals surface area contributed by atoms with E-state index in [4.69, 9.17) is 4.74 Å². The molecule has 0 aliphatic carbocycles. The molecule has 3 heterocycles. The van der Waals surface area contributed by atoms with Crippen LogP contribution >= 0.6 is 11.3 Å². The molecule has 0 N–H and O–H groups in total. The maximum absolute atomic E-state index is 12.8. The molecule has 0 fully saturated rings. The van der Waals surface area contributed by atoms with Crippen LogP contribution in [0.1, 0.15) is 32.6 Å². The summed E-state index contributed by atoms with van der Waals surface area (Å²) >= 11 is 1.56. The Morgan fingerprint density at radius 1 is 1.00 bits per heavy atom. The van der Waals surface area contributed by atoms with Gasteiger partial charge in [0, 0.05) is 37.1 Å². The van der Waals surface area contributed by atoms with Crippen LogP contribution in [0.15, 0.2) is 59.3 Å². The van der Waals surface area contributed by atoms with Gasteiger partial charge in [-0.25, -0.2) is 0 Å². The second-order valence-corrected chi connectivity index (χ2v) is 8.54. The predicted molar refractivity (Wildman–Crippen MR) is 115 cm³/mol. The Kier molecular flexibility index (Phi) is 5.08. The van der Waals surface area contributed by atoms with Gasteiger partial charge in [-0.15, -0.1) is 0 Å². The predicted octanol–water partition coefficient (Wildman–Crippen LogP) is 4.34. The second kappa shape index (κ2) is 8.01. The number of amides is 1. The number of carbonyl (C=O) groups is 1. The van der Waals surface area contributed by atoms with Crippen LogP contribution in [-0.2, 0) is 26.1 Å². The first-order chi connectivity index (χ1) is 14.3. The second-order valence-electron chi connectivity index (χ2n) is 7.76. The fraction of sp³-hybridized carbons (Fsp3) is 0.292. The fourth-order valence-corrected chi connectivity index (χ4v) is 4.87. The van der Waals surface area contributed by atoms with Gasteiger partial charge in [0.15, 0.2) is 0 Å². The molecule has 0 spiro atoms. The monoisotopic (exact) mass is 404 g/mol. The molecule has 0 bridgehead atoms. The zero-order valence-electron chi connectivity index (χ0n) is 16.3. The summed E-state index contributed by atoms with van der Waals surface area (Å²) in [5, 5.41) is 3.87. The number of thiophene rings is 1. The van der Waals surface area contributed by atoms with Gasteiger partial charge in [0.1, 0.15) is 12.4 Å². The van der Waals surface area contributed by atoms with Crippen molar-refractivity contribution in [2.24, 2.45) is 0 Å². The summed E-state index contributed by atoms with van der Waals surface area (Å²) in [6.07, 6.45) is 1.10. The SMILES string of the molecule is O=C(c1ccsc1)N1CCOc2ccc(CN3CCc4ccccc4C3)cc2C1. The van der Waals surface area contributed by atoms with E-state index in [1.165, 1.54) is 16.7 Å². The van der Waals surface area contributed by atoms with E-state index >= 15 is 0 Å². The molecule has 0 unspecified atom stereocenters. The molecule has 0 saturated carbocycles. The molecule has 2 aliphatic rings. The third-order valence-electron chi connectivity index (χ3n) is 5.78. The standard InChI is InChI=1S/C24H24N2O2S/c27-24(21-8-12-29-17-21)26-10-11-28-23-6-5-18(13-22(23)16-26)14-25-9-7-19-3-1-2-4-20(19)15-25/h1-6,8,12-13,17H,7,9-11,14-16H2. The number of hydrogen-bond donors (Lipinski definition) is 0. The third kappa shape index (κ3) is 3.93. The van der Waals surface area contributed by atoms with E-state index in [9.17, 15) is 4.79 Å². The van der Waals surface area contributed by atoms with Gasteiger partial charge in [-0.3, -0.25) is 9.69 Å². The minimum atomic E-state index is 0.0840. The number of fused-ring (bicyclic) bond motifs is 2. The van der Waals surface area contributed by atoms with Crippen LogP contribution in [-0.4, -0.2) is 35.4 Å². The Morgan fingerprint density at radius 3 is 2.76 bits per heavy atom. The number of hydrogen-bond acceptors (Lipinski definition) is 4. The van der Waals surface area contributed by atoms with Crippen molar-refractivity contribution in [3.05, 3.63) is 87.1 Å². The highest BCUT2D eigenvalue weighted by atomic mass is 32.1. The molecule has 0 radical (unpaired) electrons. The van der Waals surface area contributed by atoms with Crippen molar-refractivity contribution in [3.63, 3.8) is 0 Å². The number of rotatable bonds is 3. The lowest BCUT2D eigenvalue weighted by atomic mass is 9.99. The largest absolute Gasteiger partial charge is 0.491 e. The van der Waals surface area contributed by atoms with Crippen LogP contribution < -0.4 is 4.74 Å². The Morgan fingerprint density at radius 2 is 1.90 bits per heavy atom. The summed E-state index contributed by atoms with van der Waals surface area (Å²) in [5.41, 5.74) is 6.05. The molecule has 148 valence electrons. The molecule has 1 amide bonds. The fourth-order valence-electron chi connectivity index (χ4n) is 4.24. The lowest BCUT2D eigenvalue weighted by Crippen LogP contribution is -2.32. The van der Waals surface area contributed by atoms with Crippen molar-refractivity contribution >= 4 is 17.2 Å². The first-order valence-corrected chi connectivity index (χ1v) is 11.1. The number of benzene rings is 2. The van der Waals surface area contributed by atoms with Gasteiger partial charge in [0.25, 0.3) is 5.91 Å². The highest BCUT2D eigenvalue weighted by molar-refractivity contribution is 7.08. The number of nitrogens with zero attached hydrogens (tertiary/aromatic N) is 2. The molecule has 2 aliphatic heterocycles. The summed E-state index contributed by atoms with van der Waals surface area (Å²) in [7, 11) is 0. The molecular weight excluding hydrogens is 380 g/mol. The van der Waals surface area contributed by atoms with Crippen LogP contribution in [0, 0.1) is 0 Å². The average Bonchev–Trinajstić information content (AvgIpc) is 3.20. The normalized spacial score (nSPS) is 16.5. The van der Waals surface area contributed by atoms with Gasteiger partial charge >= 0.3 is 0 Å². The van der Waals surface area contributed by atoms with Gasteiger partial charge in [-0.1, -0.05) is 30.3 Å². The van der Waals surface area contributed by atoms with Crippen molar-refractivity contribution < 1.29 is 9.53 Å². The summed E-state index contributed by atoms with van der Waals surface area (Å²) in [6, 6.07) is 17.1. The maximum Gasteiger partial charge on any atom is 0.255 e. The Balaban J connectivity index is 1.32. The molecule has 2 aromatic carbocycles. The molecular formula is C24H24N2O2S. The minimum Gasteiger partial charge on any atom is -0.491 e. The highest BCUT2D eigenvalue weighted by Crippen LogP contribution is 2.27. The van der Waals surface area contributed by atoms with E-state index in [2.05, 4.69) is 47.4 Å². The first kappa shape index (κ1) is 18.4. The van der Waals surface area contributed by atoms with E-state index in [1.54, 1.807) is 11.3 Å². The summed E-state index contributed by atoms with van der Waals surface area (Å²) in [4.78, 5) is 17.2. The Labute approximate surface area is 175 Å². The van der Waals surface area contributed by atoms with Crippen LogP contribution in [0.5, 0.6) is 5.75 Å². The van der Waals surface area contributed by atoms with Crippen LogP contribution in [0.4, 0.5) is 0 Å². The summed E-state index contributed by atoms with van der Waals surface area (Å²) < 4.78 is 5.93. The van der Waals surface area contributed by atoms with Crippen molar-refractivity contribution in [1.29, 1.82) is 0 Å². The topological polar surface area (TPSA) is 32.8 Å². The third-order valence-corrected chi connectivity index (χ3v) is 6.46. The summed E-state index contributed by atoms with van der Waals surface area (Å²) in [5.74, 6) is 0.985. The molecule has 0 atom stereocenters.